The number of hydrogen-bond acceptors (Lipinski definition) is 5. The molecule has 0 aliphatic carbocycles. The van der Waals surface area contributed by atoms with Crippen LogP contribution in [0, 0.1) is 5.82 Å². The van der Waals surface area contributed by atoms with Gasteiger partial charge in [0.05, 0.1) is 6.42 Å². The van der Waals surface area contributed by atoms with Crippen molar-refractivity contribution in [3.8, 4) is 0 Å². The van der Waals surface area contributed by atoms with E-state index in [-0.39, 0.29) is 23.6 Å². The Bertz CT molecular complexity index is 961. The van der Waals surface area contributed by atoms with Crippen LogP contribution in [0.2, 0.25) is 0 Å². The number of aromatic amines is 1. The maximum atomic E-state index is 13.2. The summed E-state index contributed by atoms with van der Waals surface area (Å²) in [5, 5.41) is 6.86. The molecule has 7 nitrogen and oxygen atoms in total. The summed E-state index contributed by atoms with van der Waals surface area (Å²) in [5.41, 5.74) is 2.13. The van der Waals surface area contributed by atoms with E-state index in [1.165, 1.54) is 12.1 Å². The molecule has 0 saturated carbocycles. The molecular formula is C19H20FN5O2. The van der Waals surface area contributed by atoms with Crippen LogP contribution >= 0.6 is 0 Å². The van der Waals surface area contributed by atoms with Crippen LogP contribution in [0.15, 0.2) is 28.8 Å². The van der Waals surface area contributed by atoms with Crippen LogP contribution in [0.25, 0.3) is 0 Å². The highest BCUT2D eigenvalue weighted by atomic mass is 19.1. The Hall–Kier alpha value is -3.03. The van der Waals surface area contributed by atoms with Crippen molar-refractivity contribution in [1.29, 1.82) is 0 Å². The first-order valence-corrected chi connectivity index (χ1v) is 8.93. The number of amides is 1. The Balaban J connectivity index is 1.57. The van der Waals surface area contributed by atoms with Gasteiger partial charge in [0.15, 0.2) is 5.82 Å². The van der Waals surface area contributed by atoms with E-state index in [0.717, 1.165) is 11.3 Å². The van der Waals surface area contributed by atoms with E-state index in [1.54, 1.807) is 12.1 Å². The lowest BCUT2D eigenvalue weighted by Gasteiger charge is -2.14. The predicted octanol–water partition coefficient (Wildman–Crippen LogP) is 2.72. The molecule has 0 unspecified atom stereocenters. The Kier molecular flexibility index (Phi) is 4.47. The number of nitrogens with one attached hydrogen (secondary N) is 2. The number of rotatable bonds is 4. The first-order chi connectivity index (χ1) is 13.0. The second kappa shape index (κ2) is 6.94. The number of carbonyl (C=O) groups excluding carboxylic acids is 1. The van der Waals surface area contributed by atoms with Gasteiger partial charge >= 0.3 is 0 Å². The monoisotopic (exact) mass is 369 g/mol. The minimum absolute atomic E-state index is 0.0434. The molecule has 1 aliphatic rings. The van der Waals surface area contributed by atoms with Gasteiger partial charge in [0.25, 0.3) is 5.91 Å². The Labute approximate surface area is 155 Å². The standard InChI is InChI=1S/C19H20FN5O2/c1-10(2)19-24-16(25-27-19)8-15-22-14-7-12(9-21-18(26)17(14)23-15)11-3-5-13(20)6-4-11/h3-6,10,12H,7-9H2,1-2H3,(H,21,26)(H,22,23)/t12-/m1/s1. The third-order valence-corrected chi connectivity index (χ3v) is 4.65. The van der Waals surface area contributed by atoms with Gasteiger partial charge in [-0.25, -0.2) is 9.37 Å². The van der Waals surface area contributed by atoms with Crippen LogP contribution in [-0.2, 0) is 12.8 Å². The number of aromatic nitrogens is 4. The van der Waals surface area contributed by atoms with Gasteiger partial charge in [-0.2, -0.15) is 4.98 Å². The molecule has 1 aromatic carbocycles. The van der Waals surface area contributed by atoms with E-state index < -0.39 is 0 Å². The quantitative estimate of drug-likeness (QED) is 0.737. The summed E-state index contributed by atoms with van der Waals surface area (Å²) < 4.78 is 18.4. The molecule has 0 saturated heterocycles. The zero-order valence-corrected chi connectivity index (χ0v) is 15.1. The number of carbonyl (C=O) groups is 1. The van der Waals surface area contributed by atoms with Gasteiger partial charge in [-0.15, -0.1) is 0 Å². The van der Waals surface area contributed by atoms with Gasteiger partial charge in [-0.3, -0.25) is 4.79 Å². The first kappa shape index (κ1) is 17.4. The van der Waals surface area contributed by atoms with Crippen LogP contribution in [0.4, 0.5) is 4.39 Å². The van der Waals surface area contributed by atoms with Crippen molar-refractivity contribution in [2.24, 2.45) is 0 Å². The summed E-state index contributed by atoms with van der Waals surface area (Å²) in [4.78, 5) is 24.4. The molecule has 2 aromatic heterocycles. The summed E-state index contributed by atoms with van der Waals surface area (Å²) in [7, 11) is 0. The summed E-state index contributed by atoms with van der Waals surface area (Å²) in [5.74, 6) is 1.43. The van der Waals surface area contributed by atoms with E-state index in [9.17, 15) is 9.18 Å². The fourth-order valence-corrected chi connectivity index (χ4v) is 3.20. The second-order valence-electron chi connectivity index (χ2n) is 7.05. The highest BCUT2D eigenvalue weighted by molar-refractivity contribution is 5.94. The van der Waals surface area contributed by atoms with E-state index in [1.807, 2.05) is 13.8 Å². The Morgan fingerprint density at radius 2 is 2.04 bits per heavy atom. The molecule has 0 fully saturated rings. The fourth-order valence-electron chi connectivity index (χ4n) is 3.20. The molecule has 8 heteroatoms. The van der Waals surface area contributed by atoms with E-state index in [0.29, 0.717) is 42.6 Å². The maximum absolute atomic E-state index is 13.2. The first-order valence-electron chi connectivity index (χ1n) is 8.93. The largest absolute Gasteiger partial charge is 0.350 e. The molecule has 4 rings (SSSR count). The number of hydrogen-bond donors (Lipinski definition) is 2. The summed E-state index contributed by atoms with van der Waals surface area (Å²) in [6.07, 6.45) is 0.966. The van der Waals surface area contributed by atoms with Crippen LogP contribution in [0.5, 0.6) is 0 Å². The lowest BCUT2D eigenvalue weighted by molar-refractivity contribution is 0.0950. The summed E-state index contributed by atoms with van der Waals surface area (Å²) in [6.45, 7) is 4.44. The highest BCUT2D eigenvalue weighted by Crippen LogP contribution is 2.25. The minimum atomic E-state index is -0.276. The molecule has 1 aliphatic heterocycles. The zero-order valence-electron chi connectivity index (χ0n) is 15.1. The summed E-state index contributed by atoms with van der Waals surface area (Å²) in [6, 6.07) is 6.37. The van der Waals surface area contributed by atoms with Gasteiger partial charge in [0.1, 0.15) is 17.3 Å². The van der Waals surface area contributed by atoms with Crippen molar-refractivity contribution in [3.63, 3.8) is 0 Å². The molecule has 1 amide bonds. The molecular weight excluding hydrogens is 349 g/mol. The second-order valence-corrected chi connectivity index (χ2v) is 7.05. The van der Waals surface area contributed by atoms with Crippen molar-refractivity contribution in [1.82, 2.24) is 25.4 Å². The topological polar surface area (TPSA) is 96.7 Å². The molecule has 2 N–H and O–H groups in total. The Morgan fingerprint density at radius 3 is 2.74 bits per heavy atom. The molecule has 3 heterocycles. The van der Waals surface area contributed by atoms with Crippen LogP contribution in [0.3, 0.4) is 0 Å². The van der Waals surface area contributed by atoms with Gasteiger partial charge in [0, 0.05) is 24.1 Å². The van der Waals surface area contributed by atoms with Crippen molar-refractivity contribution < 1.29 is 13.7 Å². The van der Waals surface area contributed by atoms with E-state index in [4.69, 9.17) is 4.52 Å². The SMILES string of the molecule is CC(C)c1nc(Cc2nc3c([nH]2)C[C@@H](c2ccc(F)cc2)CNC3=O)no1. The van der Waals surface area contributed by atoms with Crippen molar-refractivity contribution >= 4 is 5.91 Å². The average Bonchev–Trinajstić information content (AvgIpc) is 3.23. The molecule has 1 atom stereocenters. The number of benzene rings is 1. The maximum Gasteiger partial charge on any atom is 0.271 e. The van der Waals surface area contributed by atoms with E-state index in [2.05, 4.69) is 25.4 Å². The molecule has 0 bridgehead atoms. The third-order valence-electron chi connectivity index (χ3n) is 4.65. The van der Waals surface area contributed by atoms with Gasteiger partial charge in [-0.1, -0.05) is 31.1 Å². The average molecular weight is 369 g/mol. The zero-order chi connectivity index (χ0) is 19.0. The summed E-state index contributed by atoms with van der Waals surface area (Å²) >= 11 is 0. The van der Waals surface area contributed by atoms with Crippen molar-refractivity contribution in [2.75, 3.05) is 6.54 Å². The lowest BCUT2D eigenvalue weighted by atomic mass is 9.94. The van der Waals surface area contributed by atoms with Gasteiger partial charge in [0.2, 0.25) is 5.89 Å². The van der Waals surface area contributed by atoms with Crippen molar-refractivity contribution in [2.45, 2.75) is 38.5 Å². The lowest BCUT2D eigenvalue weighted by Crippen LogP contribution is -2.26. The van der Waals surface area contributed by atoms with Crippen LogP contribution < -0.4 is 5.32 Å². The van der Waals surface area contributed by atoms with Crippen molar-refractivity contribution in [3.05, 3.63) is 64.6 Å². The van der Waals surface area contributed by atoms with Gasteiger partial charge in [-0.05, 0) is 24.1 Å². The minimum Gasteiger partial charge on any atom is -0.350 e. The third kappa shape index (κ3) is 3.60. The normalized spacial score (nSPS) is 16.9. The number of nitrogens with zero attached hydrogens (tertiary/aromatic N) is 3. The number of halogens is 1. The molecule has 3 aromatic rings. The highest BCUT2D eigenvalue weighted by Gasteiger charge is 2.26. The Morgan fingerprint density at radius 1 is 1.26 bits per heavy atom. The van der Waals surface area contributed by atoms with Gasteiger partial charge < -0.3 is 14.8 Å². The fraction of sp³-hybridized carbons (Fsp3) is 0.368. The van der Waals surface area contributed by atoms with Crippen LogP contribution in [0.1, 0.15) is 65.0 Å². The molecule has 140 valence electrons. The molecule has 0 spiro atoms. The number of imidazole rings is 1. The molecule has 27 heavy (non-hydrogen) atoms. The predicted molar refractivity (Wildman–Crippen MR) is 95.0 cm³/mol. The molecule has 0 radical (unpaired) electrons. The number of fused-ring (bicyclic) bond motifs is 1. The van der Waals surface area contributed by atoms with Crippen LogP contribution in [-0.4, -0.2) is 32.6 Å². The van der Waals surface area contributed by atoms with E-state index >= 15 is 0 Å². The smallest absolute Gasteiger partial charge is 0.271 e. The number of H-pyrrole nitrogens is 1.